The smallest absolute Gasteiger partial charge is 0.241 e. The number of carbonyl (C=O) groups excluding carboxylic acids is 1. The van der Waals surface area contributed by atoms with Gasteiger partial charge in [0.05, 0.1) is 24.3 Å². The van der Waals surface area contributed by atoms with Crippen molar-refractivity contribution in [1.29, 1.82) is 0 Å². The number of anilines is 1. The van der Waals surface area contributed by atoms with Crippen molar-refractivity contribution >= 4 is 11.6 Å². The number of nitrogens with one attached hydrogen (secondary N) is 2. The number of nitrogens with two attached hydrogens (primary N) is 1. The van der Waals surface area contributed by atoms with Gasteiger partial charge in [0, 0.05) is 5.69 Å². The molecule has 0 saturated heterocycles. The van der Waals surface area contributed by atoms with Crippen LogP contribution in [0.15, 0.2) is 36.8 Å². The fourth-order valence-corrected chi connectivity index (χ4v) is 1.88. The second-order valence-electron chi connectivity index (χ2n) is 4.94. The molecule has 0 radical (unpaired) electrons. The van der Waals surface area contributed by atoms with Crippen LogP contribution in [-0.2, 0) is 4.79 Å². The van der Waals surface area contributed by atoms with Crippen LogP contribution in [-0.4, -0.2) is 21.9 Å². The van der Waals surface area contributed by atoms with Gasteiger partial charge >= 0.3 is 0 Å². The number of hydrogen-bond acceptors (Lipinski definition) is 3. The molecule has 0 saturated carbocycles. The predicted octanol–water partition coefficient (Wildman–Crippen LogP) is 2.39. The Morgan fingerprint density at radius 1 is 1.40 bits per heavy atom. The van der Waals surface area contributed by atoms with Crippen LogP contribution in [0.25, 0.3) is 11.3 Å². The highest BCUT2D eigenvalue weighted by molar-refractivity contribution is 5.95. The van der Waals surface area contributed by atoms with E-state index in [1.54, 1.807) is 12.5 Å². The second-order valence-corrected chi connectivity index (χ2v) is 4.94. The molecule has 5 heteroatoms. The van der Waals surface area contributed by atoms with E-state index < -0.39 is 6.04 Å². The van der Waals surface area contributed by atoms with Crippen LogP contribution in [0.1, 0.15) is 20.3 Å². The molecule has 2 aromatic rings. The molecule has 0 aliphatic rings. The highest BCUT2D eigenvalue weighted by atomic mass is 16.2. The third-order valence-corrected chi connectivity index (χ3v) is 3.52. The summed E-state index contributed by atoms with van der Waals surface area (Å²) in [5.41, 5.74) is 8.61. The van der Waals surface area contributed by atoms with E-state index in [0.29, 0.717) is 0 Å². The van der Waals surface area contributed by atoms with Crippen LogP contribution < -0.4 is 11.1 Å². The summed E-state index contributed by atoms with van der Waals surface area (Å²) in [5.74, 6) is 0.0212. The molecule has 0 unspecified atom stereocenters. The third-order valence-electron chi connectivity index (χ3n) is 3.52. The van der Waals surface area contributed by atoms with Gasteiger partial charge in [-0.05, 0) is 23.6 Å². The van der Waals surface area contributed by atoms with Gasteiger partial charge < -0.3 is 16.0 Å². The summed E-state index contributed by atoms with van der Waals surface area (Å²) in [6.07, 6.45) is 4.27. The van der Waals surface area contributed by atoms with Gasteiger partial charge in [-0.1, -0.05) is 32.4 Å². The van der Waals surface area contributed by atoms with Crippen molar-refractivity contribution < 1.29 is 4.79 Å². The molecular weight excluding hydrogens is 252 g/mol. The van der Waals surface area contributed by atoms with E-state index in [1.165, 1.54) is 0 Å². The van der Waals surface area contributed by atoms with Crippen molar-refractivity contribution in [3.05, 3.63) is 36.8 Å². The Morgan fingerprint density at radius 2 is 2.10 bits per heavy atom. The van der Waals surface area contributed by atoms with E-state index in [4.69, 9.17) is 5.73 Å². The highest BCUT2D eigenvalue weighted by Crippen LogP contribution is 2.19. The molecule has 4 N–H and O–H groups in total. The van der Waals surface area contributed by atoms with Gasteiger partial charge in [-0.2, -0.15) is 0 Å². The van der Waals surface area contributed by atoms with E-state index in [2.05, 4.69) is 15.3 Å². The number of H-pyrrole nitrogens is 1. The fraction of sp³-hybridized carbons (Fsp3) is 0.333. The number of hydrogen-bond donors (Lipinski definition) is 3. The molecule has 2 atom stereocenters. The Balaban J connectivity index is 2.02. The molecule has 5 nitrogen and oxygen atoms in total. The first kappa shape index (κ1) is 14.3. The van der Waals surface area contributed by atoms with Crippen LogP contribution in [0.5, 0.6) is 0 Å². The Bertz CT molecular complexity index is 548. The third kappa shape index (κ3) is 3.24. The van der Waals surface area contributed by atoms with Gasteiger partial charge in [0.2, 0.25) is 5.91 Å². The molecule has 0 aliphatic carbocycles. The zero-order chi connectivity index (χ0) is 14.5. The van der Waals surface area contributed by atoms with Crippen molar-refractivity contribution in [2.75, 3.05) is 5.32 Å². The first-order valence-corrected chi connectivity index (χ1v) is 6.77. The minimum absolute atomic E-state index is 0.145. The van der Waals surface area contributed by atoms with Crippen molar-refractivity contribution in [3.8, 4) is 11.3 Å². The number of aromatic nitrogens is 2. The number of imidazole rings is 1. The SMILES string of the molecule is CC[C@H](C)[C@H](N)C(=O)Nc1ccc(-c2cnc[nH]2)cc1. The minimum atomic E-state index is -0.479. The normalized spacial score (nSPS) is 13.8. The van der Waals surface area contributed by atoms with E-state index in [1.807, 2.05) is 38.1 Å². The van der Waals surface area contributed by atoms with E-state index >= 15 is 0 Å². The standard InChI is InChI=1S/C15H20N4O/c1-3-10(2)14(16)15(20)19-12-6-4-11(5-7-12)13-8-17-9-18-13/h4-10,14H,3,16H2,1-2H3,(H,17,18)(H,19,20)/t10-,14-/m0/s1. The maximum Gasteiger partial charge on any atom is 0.241 e. The van der Waals surface area contributed by atoms with Crippen LogP contribution in [0.4, 0.5) is 5.69 Å². The first-order chi connectivity index (χ1) is 9.61. The molecule has 106 valence electrons. The van der Waals surface area contributed by atoms with Crippen molar-refractivity contribution in [1.82, 2.24) is 9.97 Å². The molecule has 1 heterocycles. The predicted molar refractivity (Wildman–Crippen MR) is 80.1 cm³/mol. The molecular formula is C15H20N4O. The van der Waals surface area contributed by atoms with Gasteiger partial charge in [-0.15, -0.1) is 0 Å². The maximum absolute atomic E-state index is 12.0. The van der Waals surface area contributed by atoms with Gasteiger partial charge in [-0.25, -0.2) is 4.98 Å². The number of benzene rings is 1. The zero-order valence-electron chi connectivity index (χ0n) is 11.8. The van der Waals surface area contributed by atoms with Crippen LogP contribution in [0.2, 0.25) is 0 Å². The molecule has 0 aliphatic heterocycles. The number of carbonyl (C=O) groups is 1. The number of rotatable bonds is 5. The molecule has 1 aromatic carbocycles. The van der Waals surface area contributed by atoms with E-state index in [0.717, 1.165) is 23.4 Å². The van der Waals surface area contributed by atoms with E-state index in [9.17, 15) is 4.79 Å². The zero-order valence-corrected chi connectivity index (χ0v) is 11.8. The van der Waals surface area contributed by atoms with Crippen LogP contribution >= 0.6 is 0 Å². The lowest BCUT2D eigenvalue weighted by atomic mass is 9.99. The van der Waals surface area contributed by atoms with Crippen LogP contribution in [0, 0.1) is 5.92 Å². The maximum atomic E-state index is 12.0. The lowest BCUT2D eigenvalue weighted by molar-refractivity contribution is -0.118. The molecule has 2 rings (SSSR count). The quantitative estimate of drug-likeness (QED) is 0.781. The number of nitrogens with zero attached hydrogens (tertiary/aromatic N) is 1. The summed E-state index contributed by atoms with van der Waals surface area (Å²) in [5, 5.41) is 2.84. The van der Waals surface area contributed by atoms with Crippen molar-refractivity contribution in [3.63, 3.8) is 0 Å². The average Bonchev–Trinajstić information content (AvgIpc) is 3.00. The topological polar surface area (TPSA) is 83.8 Å². The monoisotopic (exact) mass is 272 g/mol. The molecule has 20 heavy (non-hydrogen) atoms. The Morgan fingerprint density at radius 3 is 2.65 bits per heavy atom. The molecule has 1 aromatic heterocycles. The number of amides is 1. The summed E-state index contributed by atoms with van der Waals surface area (Å²) in [6.45, 7) is 4.00. The Hall–Kier alpha value is -2.14. The van der Waals surface area contributed by atoms with Gasteiger partial charge in [0.1, 0.15) is 0 Å². The minimum Gasteiger partial charge on any atom is -0.345 e. The van der Waals surface area contributed by atoms with Crippen LogP contribution in [0.3, 0.4) is 0 Å². The van der Waals surface area contributed by atoms with Crippen molar-refractivity contribution in [2.24, 2.45) is 11.7 Å². The summed E-state index contributed by atoms with van der Waals surface area (Å²) in [7, 11) is 0. The molecule has 0 fully saturated rings. The highest BCUT2D eigenvalue weighted by Gasteiger charge is 2.19. The fourth-order valence-electron chi connectivity index (χ4n) is 1.88. The summed E-state index contributed by atoms with van der Waals surface area (Å²) in [4.78, 5) is 19.0. The van der Waals surface area contributed by atoms with Crippen molar-refractivity contribution in [2.45, 2.75) is 26.3 Å². The lowest BCUT2D eigenvalue weighted by Crippen LogP contribution is -2.40. The molecule has 1 amide bonds. The summed E-state index contributed by atoms with van der Waals surface area (Å²) >= 11 is 0. The first-order valence-electron chi connectivity index (χ1n) is 6.77. The summed E-state index contributed by atoms with van der Waals surface area (Å²) in [6, 6.07) is 7.09. The Labute approximate surface area is 118 Å². The number of aromatic amines is 1. The molecule has 0 spiro atoms. The average molecular weight is 272 g/mol. The van der Waals surface area contributed by atoms with E-state index in [-0.39, 0.29) is 11.8 Å². The Kier molecular flexibility index (Phi) is 4.53. The van der Waals surface area contributed by atoms with Gasteiger partial charge in [-0.3, -0.25) is 4.79 Å². The second kappa shape index (κ2) is 6.34. The molecule has 0 bridgehead atoms. The van der Waals surface area contributed by atoms with Gasteiger partial charge in [0.15, 0.2) is 0 Å². The largest absolute Gasteiger partial charge is 0.345 e. The lowest BCUT2D eigenvalue weighted by Gasteiger charge is -2.17. The summed E-state index contributed by atoms with van der Waals surface area (Å²) < 4.78 is 0. The van der Waals surface area contributed by atoms with Gasteiger partial charge in [0.25, 0.3) is 0 Å².